The highest BCUT2D eigenvalue weighted by atomic mass is 16.6. The second kappa shape index (κ2) is 5.44. The van der Waals surface area contributed by atoms with E-state index in [1.807, 2.05) is 30.3 Å². The highest BCUT2D eigenvalue weighted by molar-refractivity contribution is 5.68. The van der Waals surface area contributed by atoms with Crippen LogP contribution in [0.4, 0.5) is 4.79 Å². The van der Waals surface area contributed by atoms with Crippen molar-refractivity contribution < 1.29 is 14.6 Å². The number of carbonyl (C=O) groups is 1. The monoisotopic (exact) mass is 275 g/mol. The Morgan fingerprint density at radius 1 is 1.35 bits per heavy atom. The number of carbonyl (C=O) groups excluding carboxylic acids is 1. The zero-order valence-corrected chi connectivity index (χ0v) is 11.6. The van der Waals surface area contributed by atoms with Gasteiger partial charge in [-0.1, -0.05) is 30.3 Å². The third-order valence-corrected chi connectivity index (χ3v) is 4.58. The predicted octanol–water partition coefficient (Wildman–Crippen LogP) is 2.56. The summed E-state index contributed by atoms with van der Waals surface area (Å²) in [5, 5.41) is 9.70. The highest BCUT2D eigenvalue weighted by Gasteiger charge is 2.45. The first-order valence-corrected chi connectivity index (χ1v) is 7.31. The van der Waals surface area contributed by atoms with Crippen LogP contribution < -0.4 is 0 Å². The summed E-state index contributed by atoms with van der Waals surface area (Å²) in [6, 6.07) is 9.72. The van der Waals surface area contributed by atoms with Crippen LogP contribution >= 0.6 is 0 Å². The second-order valence-electron chi connectivity index (χ2n) is 6.11. The molecule has 0 radical (unpaired) electrons. The van der Waals surface area contributed by atoms with Gasteiger partial charge in [-0.15, -0.1) is 0 Å². The minimum Gasteiger partial charge on any atom is -0.445 e. The zero-order valence-electron chi connectivity index (χ0n) is 11.6. The molecule has 4 heteroatoms. The van der Waals surface area contributed by atoms with Crippen LogP contribution in [0.5, 0.6) is 0 Å². The SMILES string of the molecule is O=C(OCc1ccccc1)N1CCC2(CCC(O)C2)C1. The summed E-state index contributed by atoms with van der Waals surface area (Å²) >= 11 is 0. The highest BCUT2D eigenvalue weighted by Crippen LogP contribution is 2.45. The van der Waals surface area contributed by atoms with Gasteiger partial charge in [0.2, 0.25) is 0 Å². The Bertz CT molecular complexity index is 476. The predicted molar refractivity (Wildman–Crippen MR) is 75.1 cm³/mol. The van der Waals surface area contributed by atoms with Crippen LogP contribution in [0.1, 0.15) is 31.2 Å². The largest absolute Gasteiger partial charge is 0.445 e. The van der Waals surface area contributed by atoms with Crippen LogP contribution in [0.15, 0.2) is 30.3 Å². The van der Waals surface area contributed by atoms with E-state index in [0.29, 0.717) is 6.61 Å². The lowest BCUT2D eigenvalue weighted by molar-refractivity contribution is 0.0979. The number of aliphatic hydroxyl groups is 1. The lowest BCUT2D eigenvalue weighted by Gasteiger charge is -2.23. The van der Waals surface area contributed by atoms with E-state index in [1.165, 1.54) is 0 Å². The first-order valence-electron chi connectivity index (χ1n) is 7.31. The molecular weight excluding hydrogens is 254 g/mol. The van der Waals surface area contributed by atoms with E-state index in [0.717, 1.165) is 44.3 Å². The lowest BCUT2D eigenvalue weighted by atomic mass is 9.85. The van der Waals surface area contributed by atoms with Gasteiger partial charge >= 0.3 is 6.09 Å². The summed E-state index contributed by atoms with van der Waals surface area (Å²) in [4.78, 5) is 13.9. The van der Waals surface area contributed by atoms with Crippen LogP contribution in [-0.2, 0) is 11.3 Å². The molecule has 3 rings (SSSR count). The van der Waals surface area contributed by atoms with Gasteiger partial charge in [-0.05, 0) is 36.7 Å². The zero-order chi connectivity index (χ0) is 14.0. The van der Waals surface area contributed by atoms with E-state index < -0.39 is 0 Å². The van der Waals surface area contributed by atoms with Crippen LogP contribution in [0, 0.1) is 5.41 Å². The molecule has 2 unspecified atom stereocenters. The summed E-state index contributed by atoms with van der Waals surface area (Å²) in [6.07, 6.45) is 3.30. The van der Waals surface area contributed by atoms with Gasteiger partial charge in [-0.25, -0.2) is 4.79 Å². The van der Waals surface area contributed by atoms with Crippen molar-refractivity contribution in [1.82, 2.24) is 4.90 Å². The normalized spacial score (nSPS) is 29.1. The third kappa shape index (κ3) is 2.80. The molecule has 1 spiro atoms. The third-order valence-electron chi connectivity index (χ3n) is 4.58. The Balaban J connectivity index is 1.52. The molecule has 1 aromatic carbocycles. The van der Waals surface area contributed by atoms with Crippen molar-refractivity contribution in [1.29, 1.82) is 0 Å². The van der Waals surface area contributed by atoms with Crippen molar-refractivity contribution in [2.45, 2.75) is 38.4 Å². The van der Waals surface area contributed by atoms with Crippen LogP contribution in [0.2, 0.25) is 0 Å². The number of aliphatic hydroxyl groups excluding tert-OH is 1. The Morgan fingerprint density at radius 2 is 2.15 bits per heavy atom. The Hall–Kier alpha value is -1.55. The van der Waals surface area contributed by atoms with Crippen molar-refractivity contribution >= 4 is 6.09 Å². The van der Waals surface area contributed by atoms with Crippen molar-refractivity contribution in [2.75, 3.05) is 13.1 Å². The van der Waals surface area contributed by atoms with Crippen LogP contribution in [0.3, 0.4) is 0 Å². The quantitative estimate of drug-likeness (QED) is 0.902. The number of hydrogen-bond donors (Lipinski definition) is 1. The molecule has 1 aliphatic heterocycles. The minimum atomic E-state index is -0.230. The maximum absolute atomic E-state index is 12.1. The van der Waals surface area contributed by atoms with Crippen molar-refractivity contribution in [3.8, 4) is 0 Å². The van der Waals surface area contributed by atoms with E-state index in [2.05, 4.69) is 0 Å². The number of amides is 1. The molecule has 1 saturated heterocycles. The van der Waals surface area contributed by atoms with Crippen LogP contribution in [0.25, 0.3) is 0 Å². The first-order chi connectivity index (χ1) is 9.67. The molecule has 4 nitrogen and oxygen atoms in total. The van der Waals surface area contributed by atoms with Gasteiger partial charge in [0.25, 0.3) is 0 Å². The minimum absolute atomic E-state index is 0.144. The molecule has 1 heterocycles. The summed E-state index contributed by atoms with van der Waals surface area (Å²) in [7, 11) is 0. The fraction of sp³-hybridized carbons (Fsp3) is 0.562. The van der Waals surface area contributed by atoms with E-state index in [4.69, 9.17) is 4.74 Å². The maximum Gasteiger partial charge on any atom is 0.410 e. The topological polar surface area (TPSA) is 49.8 Å². The number of ether oxygens (including phenoxy) is 1. The van der Waals surface area contributed by atoms with Gasteiger partial charge in [0.05, 0.1) is 6.10 Å². The molecule has 108 valence electrons. The molecule has 1 saturated carbocycles. The Kier molecular flexibility index (Phi) is 3.66. The molecule has 2 atom stereocenters. The summed E-state index contributed by atoms with van der Waals surface area (Å²) < 4.78 is 5.37. The molecule has 1 aromatic rings. The molecule has 0 aromatic heterocycles. The smallest absolute Gasteiger partial charge is 0.410 e. The molecule has 1 N–H and O–H groups in total. The fourth-order valence-corrected chi connectivity index (χ4v) is 3.45. The number of likely N-dealkylation sites (tertiary alicyclic amines) is 1. The van der Waals surface area contributed by atoms with E-state index >= 15 is 0 Å². The molecule has 2 fully saturated rings. The van der Waals surface area contributed by atoms with Crippen LogP contribution in [-0.4, -0.2) is 35.3 Å². The summed E-state index contributed by atoms with van der Waals surface area (Å²) in [5.41, 5.74) is 1.15. The average molecular weight is 275 g/mol. The number of rotatable bonds is 2. The fourth-order valence-electron chi connectivity index (χ4n) is 3.45. The van der Waals surface area contributed by atoms with Gasteiger partial charge in [-0.3, -0.25) is 0 Å². The van der Waals surface area contributed by atoms with Crippen molar-refractivity contribution in [3.63, 3.8) is 0 Å². The molecule has 20 heavy (non-hydrogen) atoms. The summed E-state index contributed by atoms with van der Waals surface area (Å²) in [6.45, 7) is 1.81. The van der Waals surface area contributed by atoms with E-state index in [-0.39, 0.29) is 17.6 Å². The van der Waals surface area contributed by atoms with E-state index in [9.17, 15) is 9.90 Å². The van der Waals surface area contributed by atoms with Gasteiger partial charge in [0.15, 0.2) is 0 Å². The Morgan fingerprint density at radius 3 is 2.85 bits per heavy atom. The van der Waals surface area contributed by atoms with Gasteiger partial charge in [0, 0.05) is 13.1 Å². The molecule has 0 bridgehead atoms. The van der Waals surface area contributed by atoms with Gasteiger partial charge in [-0.2, -0.15) is 0 Å². The number of hydrogen-bond acceptors (Lipinski definition) is 3. The molecule has 2 aliphatic rings. The molecule has 1 aliphatic carbocycles. The standard InChI is InChI=1S/C16H21NO3/c18-14-6-7-16(10-14)8-9-17(12-16)15(19)20-11-13-4-2-1-3-5-13/h1-5,14,18H,6-12H2. The molecular formula is C16H21NO3. The van der Waals surface area contributed by atoms with Gasteiger partial charge in [0.1, 0.15) is 6.61 Å². The number of nitrogens with zero attached hydrogens (tertiary/aromatic N) is 1. The lowest BCUT2D eigenvalue weighted by Crippen LogP contribution is -2.31. The second-order valence-corrected chi connectivity index (χ2v) is 6.11. The number of benzene rings is 1. The van der Waals surface area contributed by atoms with Crippen molar-refractivity contribution in [2.24, 2.45) is 5.41 Å². The summed E-state index contributed by atoms with van der Waals surface area (Å²) in [5.74, 6) is 0. The van der Waals surface area contributed by atoms with E-state index in [1.54, 1.807) is 4.90 Å². The maximum atomic E-state index is 12.1. The Labute approximate surface area is 119 Å². The first kappa shape index (κ1) is 13.4. The van der Waals surface area contributed by atoms with Crippen molar-refractivity contribution in [3.05, 3.63) is 35.9 Å². The molecule has 1 amide bonds. The van der Waals surface area contributed by atoms with Gasteiger partial charge < -0.3 is 14.7 Å². The average Bonchev–Trinajstić information content (AvgIpc) is 3.04.